The Morgan fingerprint density at radius 2 is 1.15 bits per heavy atom. The van der Waals surface area contributed by atoms with E-state index in [9.17, 15) is 4.79 Å². The molecule has 0 amide bonds. The minimum absolute atomic E-state index is 0.105. The minimum Gasteiger partial charge on any atom is -0.379 e. The summed E-state index contributed by atoms with van der Waals surface area (Å²) in [5.74, 6) is 0.105. The van der Waals surface area contributed by atoms with Crippen molar-refractivity contribution < 1.29 is 23.7 Å². The van der Waals surface area contributed by atoms with Crippen molar-refractivity contribution in [2.45, 2.75) is 34.1 Å². The molecule has 0 aromatic rings. The molecule has 0 saturated carbocycles. The van der Waals surface area contributed by atoms with Crippen LogP contribution in [0.25, 0.3) is 0 Å². The van der Waals surface area contributed by atoms with Gasteiger partial charge in [0.1, 0.15) is 6.61 Å². The SMILES string of the molecule is CCCOCCOCCOCCOCC(=O)C(C)(C)C. The van der Waals surface area contributed by atoms with Gasteiger partial charge in [0.15, 0.2) is 5.78 Å². The van der Waals surface area contributed by atoms with E-state index in [1.165, 1.54) is 0 Å². The van der Waals surface area contributed by atoms with E-state index in [0.717, 1.165) is 13.0 Å². The molecule has 0 aliphatic rings. The Kier molecular flexibility index (Phi) is 12.0. The molecule has 0 bridgehead atoms. The average molecular weight is 290 g/mol. The van der Waals surface area contributed by atoms with E-state index in [0.29, 0.717) is 39.6 Å². The highest BCUT2D eigenvalue weighted by Crippen LogP contribution is 2.14. The van der Waals surface area contributed by atoms with Crippen LogP contribution < -0.4 is 0 Å². The van der Waals surface area contributed by atoms with Crippen LogP contribution in [0.2, 0.25) is 0 Å². The highest BCUT2D eigenvalue weighted by Gasteiger charge is 2.20. The first-order valence-electron chi connectivity index (χ1n) is 7.32. The predicted octanol–water partition coefficient (Wildman–Crippen LogP) is 2.08. The van der Waals surface area contributed by atoms with Crippen molar-refractivity contribution in [2.24, 2.45) is 5.41 Å². The van der Waals surface area contributed by atoms with Gasteiger partial charge in [-0.25, -0.2) is 0 Å². The molecule has 5 nitrogen and oxygen atoms in total. The highest BCUT2D eigenvalue weighted by atomic mass is 16.6. The molecule has 0 radical (unpaired) electrons. The number of ether oxygens (including phenoxy) is 4. The largest absolute Gasteiger partial charge is 0.379 e. The van der Waals surface area contributed by atoms with Crippen LogP contribution in [0, 0.1) is 5.41 Å². The van der Waals surface area contributed by atoms with Gasteiger partial charge in [0.2, 0.25) is 0 Å². The number of carbonyl (C=O) groups excluding carboxylic acids is 1. The lowest BCUT2D eigenvalue weighted by Crippen LogP contribution is -2.25. The molecule has 0 atom stereocenters. The number of hydrogen-bond donors (Lipinski definition) is 0. The summed E-state index contributed by atoms with van der Waals surface area (Å²) < 4.78 is 21.2. The fraction of sp³-hybridized carbons (Fsp3) is 0.933. The zero-order valence-corrected chi connectivity index (χ0v) is 13.4. The molecular formula is C15H30O5. The first kappa shape index (κ1) is 19.5. The van der Waals surface area contributed by atoms with Gasteiger partial charge in [0, 0.05) is 12.0 Å². The number of Topliss-reactive ketones (excluding diaryl/α,β-unsaturated/α-hetero) is 1. The predicted molar refractivity (Wildman–Crippen MR) is 78.0 cm³/mol. The zero-order valence-electron chi connectivity index (χ0n) is 13.4. The Balaban J connectivity index is 3.16. The van der Waals surface area contributed by atoms with Crippen LogP contribution in [0.5, 0.6) is 0 Å². The first-order chi connectivity index (χ1) is 9.48. The Labute approximate surface area is 122 Å². The maximum absolute atomic E-state index is 11.5. The van der Waals surface area contributed by atoms with E-state index in [2.05, 4.69) is 6.92 Å². The van der Waals surface area contributed by atoms with Gasteiger partial charge < -0.3 is 18.9 Å². The van der Waals surface area contributed by atoms with E-state index in [4.69, 9.17) is 18.9 Å². The highest BCUT2D eigenvalue weighted by molar-refractivity contribution is 5.84. The third-order valence-electron chi connectivity index (χ3n) is 2.53. The first-order valence-corrected chi connectivity index (χ1v) is 7.32. The second-order valence-corrected chi connectivity index (χ2v) is 5.56. The molecule has 0 aliphatic carbocycles. The van der Waals surface area contributed by atoms with Crippen molar-refractivity contribution in [1.29, 1.82) is 0 Å². The quantitative estimate of drug-likeness (QED) is 0.486. The molecule has 0 aromatic heterocycles. The van der Waals surface area contributed by atoms with E-state index in [1.54, 1.807) is 0 Å². The van der Waals surface area contributed by atoms with Crippen LogP contribution in [0.4, 0.5) is 0 Å². The lowest BCUT2D eigenvalue weighted by atomic mass is 9.91. The molecule has 0 heterocycles. The van der Waals surface area contributed by atoms with Gasteiger partial charge in [-0.2, -0.15) is 0 Å². The molecule has 0 aromatic carbocycles. The maximum Gasteiger partial charge on any atom is 0.163 e. The van der Waals surface area contributed by atoms with Gasteiger partial charge >= 0.3 is 0 Å². The van der Waals surface area contributed by atoms with Crippen LogP contribution >= 0.6 is 0 Å². The lowest BCUT2D eigenvalue weighted by Gasteiger charge is -2.16. The van der Waals surface area contributed by atoms with E-state index in [-0.39, 0.29) is 17.8 Å². The summed E-state index contributed by atoms with van der Waals surface area (Å²) in [4.78, 5) is 11.5. The van der Waals surface area contributed by atoms with Crippen molar-refractivity contribution in [3.8, 4) is 0 Å². The van der Waals surface area contributed by atoms with Crippen LogP contribution in [0.3, 0.4) is 0 Å². The van der Waals surface area contributed by atoms with Gasteiger partial charge in [0.05, 0.1) is 39.6 Å². The van der Waals surface area contributed by atoms with Crippen molar-refractivity contribution >= 4 is 5.78 Å². The van der Waals surface area contributed by atoms with Gasteiger partial charge in [-0.3, -0.25) is 4.79 Å². The Morgan fingerprint density at radius 3 is 1.55 bits per heavy atom. The molecule has 20 heavy (non-hydrogen) atoms. The fourth-order valence-electron chi connectivity index (χ4n) is 1.19. The van der Waals surface area contributed by atoms with Gasteiger partial charge in [-0.15, -0.1) is 0 Å². The third kappa shape index (κ3) is 12.5. The summed E-state index contributed by atoms with van der Waals surface area (Å²) in [5.41, 5.74) is -0.339. The fourth-order valence-corrected chi connectivity index (χ4v) is 1.19. The van der Waals surface area contributed by atoms with Crippen molar-refractivity contribution in [3.05, 3.63) is 0 Å². The third-order valence-corrected chi connectivity index (χ3v) is 2.53. The molecule has 0 aliphatic heterocycles. The minimum atomic E-state index is -0.339. The summed E-state index contributed by atoms with van der Waals surface area (Å²) in [6.45, 7) is 11.9. The van der Waals surface area contributed by atoms with Gasteiger partial charge in [-0.05, 0) is 6.42 Å². The molecule has 5 heteroatoms. The molecule has 0 N–H and O–H groups in total. The molecule has 120 valence electrons. The molecule has 0 fully saturated rings. The van der Waals surface area contributed by atoms with Gasteiger partial charge in [-0.1, -0.05) is 27.7 Å². The van der Waals surface area contributed by atoms with Crippen LogP contribution in [-0.2, 0) is 23.7 Å². The molecule has 0 rings (SSSR count). The summed E-state index contributed by atoms with van der Waals surface area (Å²) in [6, 6.07) is 0. The standard InChI is InChI=1S/C15H30O5/c1-5-6-17-7-8-18-9-10-19-11-12-20-13-14(16)15(2,3)4/h5-13H2,1-4H3. The average Bonchev–Trinajstić information content (AvgIpc) is 2.38. The molecule has 0 spiro atoms. The summed E-state index contributed by atoms with van der Waals surface area (Å²) >= 11 is 0. The number of carbonyl (C=O) groups is 1. The Hall–Kier alpha value is -0.490. The zero-order chi connectivity index (χ0) is 15.3. The topological polar surface area (TPSA) is 54.0 Å². The maximum atomic E-state index is 11.5. The van der Waals surface area contributed by atoms with Crippen LogP contribution in [-0.4, -0.2) is 58.6 Å². The van der Waals surface area contributed by atoms with Gasteiger partial charge in [0.25, 0.3) is 0 Å². The molecule has 0 unspecified atom stereocenters. The molecular weight excluding hydrogens is 260 g/mol. The molecule has 0 saturated heterocycles. The van der Waals surface area contributed by atoms with Crippen molar-refractivity contribution in [2.75, 3.05) is 52.9 Å². The normalized spacial score (nSPS) is 11.8. The van der Waals surface area contributed by atoms with E-state index < -0.39 is 0 Å². The van der Waals surface area contributed by atoms with Crippen molar-refractivity contribution in [3.63, 3.8) is 0 Å². The number of ketones is 1. The monoisotopic (exact) mass is 290 g/mol. The Bertz CT molecular complexity index is 235. The van der Waals surface area contributed by atoms with E-state index >= 15 is 0 Å². The summed E-state index contributed by atoms with van der Waals surface area (Å²) in [7, 11) is 0. The summed E-state index contributed by atoms with van der Waals surface area (Å²) in [5, 5.41) is 0. The second-order valence-electron chi connectivity index (χ2n) is 5.56. The van der Waals surface area contributed by atoms with E-state index in [1.807, 2.05) is 20.8 Å². The Morgan fingerprint density at radius 1 is 0.750 bits per heavy atom. The van der Waals surface area contributed by atoms with Crippen LogP contribution in [0.1, 0.15) is 34.1 Å². The number of hydrogen-bond acceptors (Lipinski definition) is 5. The summed E-state index contributed by atoms with van der Waals surface area (Å²) in [6.07, 6.45) is 1.03. The second kappa shape index (κ2) is 12.3. The van der Waals surface area contributed by atoms with Crippen LogP contribution in [0.15, 0.2) is 0 Å². The smallest absolute Gasteiger partial charge is 0.163 e. The lowest BCUT2D eigenvalue weighted by molar-refractivity contribution is -0.131. The van der Waals surface area contributed by atoms with Crippen molar-refractivity contribution in [1.82, 2.24) is 0 Å². The number of rotatable bonds is 13.